The van der Waals surface area contributed by atoms with Crippen molar-refractivity contribution in [3.63, 3.8) is 0 Å². The van der Waals surface area contributed by atoms with Crippen molar-refractivity contribution in [1.29, 1.82) is 0 Å². The molecule has 0 aliphatic rings. The molecule has 0 bridgehead atoms. The van der Waals surface area contributed by atoms with E-state index in [2.05, 4.69) is 10.1 Å². The maximum atomic E-state index is 9.53. The molecule has 0 amide bonds. The zero-order chi connectivity index (χ0) is 13.8. The average molecular weight is 263 g/mol. The summed E-state index contributed by atoms with van der Waals surface area (Å²) in [5, 5.41) is 13.4. The first-order valence-electron chi connectivity index (χ1n) is 6.09. The number of phenolic OH excluding ortho intramolecular Hbond substituents is 1. The van der Waals surface area contributed by atoms with Gasteiger partial charge in [0.15, 0.2) is 11.5 Å². The number of aromatic hydroxyl groups is 1. The van der Waals surface area contributed by atoms with Gasteiger partial charge in [0.05, 0.1) is 7.11 Å². The summed E-state index contributed by atoms with van der Waals surface area (Å²) in [5.74, 6) is 1.41. The van der Waals surface area contributed by atoms with Crippen LogP contribution in [-0.2, 0) is 6.42 Å². The lowest BCUT2D eigenvalue weighted by molar-refractivity contribution is 0.367. The Bertz CT molecular complexity index is 554. The fraction of sp³-hybridized carbons (Fsp3) is 0.385. The smallest absolute Gasteiger partial charge is 0.228 e. The van der Waals surface area contributed by atoms with Gasteiger partial charge in [-0.15, -0.1) is 0 Å². The summed E-state index contributed by atoms with van der Waals surface area (Å²) in [6, 6.07) is 4.90. The van der Waals surface area contributed by atoms with Crippen molar-refractivity contribution in [2.24, 2.45) is 5.73 Å². The molecule has 19 heavy (non-hydrogen) atoms. The Kier molecular flexibility index (Phi) is 4.01. The average Bonchev–Trinajstić information content (AvgIpc) is 2.87. The molecule has 1 aromatic heterocycles. The van der Waals surface area contributed by atoms with Gasteiger partial charge in [0.25, 0.3) is 0 Å². The van der Waals surface area contributed by atoms with Crippen molar-refractivity contribution in [3.05, 3.63) is 24.1 Å². The van der Waals surface area contributed by atoms with E-state index in [4.69, 9.17) is 15.0 Å². The molecule has 1 aromatic carbocycles. The molecule has 2 rings (SSSR count). The molecule has 1 heterocycles. The second kappa shape index (κ2) is 5.71. The first kappa shape index (κ1) is 13.4. The molecule has 0 aliphatic heterocycles. The fourth-order valence-corrected chi connectivity index (χ4v) is 1.64. The number of methoxy groups -OCH3 is 1. The molecule has 0 spiro atoms. The highest BCUT2D eigenvalue weighted by molar-refractivity contribution is 5.60. The molecular formula is C13H17N3O3. The largest absolute Gasteiger partial charge is 0.504 e. The van der Waals surface area contributed by atoms with Gasteiger partial charge in [-0.25, -0.2) is 0 Å². The van der Waals surface area contributed by atoms with Crippen LogP contribution >= 0.6 is 0 Å². The van der Waals surface area contributed by atoms with Gasteiger partial charge < -0.3 is 20.1 Å². The standard InChI is InChI=1S/C13H17N3O3/c1-3-9(14)7-12-15-13(16-19-12)8-4-5-10(17)11(6-8)18-2/h4-6,9,17H,3,7,14H2,1-2H3. The number of aromatic nitrogens is 2. The van der Waals surface area contributed by atoms with E-state index in [1.165, 1.54) is 13.2 Å². The molecule has 0 saturated carbocycles. The number of ether oxygens (including phenoxy) is 1. The van der Waals surface area contributed by atoms with Gasteiger partial charge in [-0.05, 0) is 24.6 Å². The van der Waals surface area contributed by atoms with Crippen LogP contribution in [0.4, 0.5) is 0 Å². The maximum Gasteiger partial charge on any atom is 0.228 e. The van der Waals surface area contributed by atoms with Gasteiger partial charge in [-0.1, -0.05) is 12.1 Å². The molecular weight excluding hydrogens is 246 g/mol. The normalized spacial score (nSPS) is 12.4. The molecule has 102 valence electrons. The summed E-state index contributed by atoms with van der Waals surface area (Å²) in [6.07, 6.45) is 1.41. The number of nitrogens with two attached hydrogens (primary N) is 1. The van der Waals surface area contributed by atoms with E-state index in [0.717, 1.165) is 12.0 Å². The van der Waals surface area contributed by atoms with Crippen LogP contribution in [0.5, 0.6) is 11.5 Å². The van der Waals surface area contributed by atoms with Crippen LogP contribution in [0.1, 0.15) is 19.2 Å². The predicted molar refractivity (Wildman–Crippen MR) is 69.9 cm³/mol. The molecule has 0 fully saturated rings. The van der Waals surface area contributed by atoms with Gasteiger partial charge >= 0.3 is 0 Å². The van der Waals surface area contributed by atoms with E-state index < -0.39 is 0 Å². The van der Waals surface area contributed by atoms with Gasteiger partial charge in [-0.2, -0.15) is 4.98 Å². The highest BCUT2D eigenvalue weighted by Gasteiger charge is 2.13. The van der Waals surface area contributed by atoms with Crippen LogP contribution in [-0.4, -0.2) is 28.4 Å². The first-order chi connectivity index (χ1) is 9.13. The number of phenols is 1. The maximum absolute atomic E-state index is 9.53. The molecule has 0 saturated heterocycles. The van der Waals surface area contributed by atoms with Crippen LogP contribution in [0.15, 0.2) is 22.7 Å². The summed E-state index contributed by atoms with van der Waals surface area (Å²) >= 11 is 0. The minimum Gasteiger partial charge on any atom is -0.504 e. The van der Waals surface area contributed by atoms with Crippen molar-refractivity contribution in [1.82, 2.24) is 10.1 Å². The van der Waals surface area contributed by atoms with Crippen LogP contribution in [0, 0.1) is 0 Å². The van der Waals surface area contributed by atoms with Crippen LogP contribution < -0.4 is 10.5 Å². The lowest BCUT2D eigenvalue weighted by atomic mass is 10.1. The van der Waals surface area contributed by atoms with Crippen LogP contribution in [0.3, 0.4) is 0 Å². The lowest BCUT2D eigenvalue weighted by Crippen LogP contribution is -2.21. The SMILES string of the molecule is CCC(N)Cc1nc(-c2ccc(O)c(OC)c2)no1. The number of benzene rings is 1. The Morgan fingerprint density at radius 2 is 2.26 bits per heavy atom. The highest BCUT2D eigenvalue weighted by atomic mass is 16.5. The van der Waals surface area contributed by atoms with Crippen molar-refractivity contribution >= 4 is 0 Å². The van der Waals surface area contributed by atoms with Gasteiger partial charge in [0.2, 0.25) is 11.7 Å². The van der Waals surface area contributed by atoms with Crippen molar-refractivity contribution < 1.29 is 14.4 Å². The summed E-state index contributed by atoms with van der Waals surface area (Å²) in [5.41, 5.74) is 6.55. The minimum absolute atomic E-state index is 0.0163. The van der Waals surface area contributed by atoms with E-state index in [1.807, 2.05) is 6.92 Å². The highest BCUT2D eigenvalue weighted by Crippen LogP contribution is 2.30. The summed E-state index contributed by atoms with van der Waals surface area (Å²) < 4.78 is 10.2. The monoisotopic (exact) mass is 263 g/mol. The molecule has 6 nitrogen and oxygen atoms in total. The van der Waals surface area contributed by atoms with Crippen LogP contribution in [0.2, 0.25) is 0 Å². The van der Waals surface area contributed by atoms with Gasteiger partial charge in [-0.3, -0.25) is 0 Å². The van der Waals surface area contributed by atoms with E-state index >= 15 is 0 Å². The molecule has 0 radical (unpaired) electrons. The van der Waals surface area contributed by atoms with Crippen molar-refractivity contribution in [3.8, 4) is 22.9 Å². The van der Waals surface area contributed by atoms with E-state index in [0.29, 0.717) is 23.9 Å². The molecule has 2 aromatic rings. The number of rotatable bonds is 5. The second-order valence-corrected chi connectivity index (χ2v) is 4.27. The van der Waals surface area contributed by atoms with Gasteiger partial charge in [0, 0.05) is 18.0 Å². The predicted octanol–water partition coefficient (Wildman–Crippen LogP) is 1.73. The van der Waals surface area contributed by atoms with E-state index in [1.54, 1.807) is 12.1 Å². The quantitative estimate of drug-likeness (QED) is 0.853. The minimum atomic E-state index is 0.0163. The Labute approximate surface area is 111 Å². The zero-order valence-corrected chi connectivity index (χ0v) is 11.0. The third kappa shape index (κ3) is 3.03. The topological polar surface area (TPSA) is 94.4 Å². The van der Waals surface area contributed by atoms with E-state index in [9.17, 15) is 5.11 Å². The summed E-state index contributed by atoms with van der Waals surface area (Å²) in [4.78, 5) is 4.28. The molecule has 1 unspecified atom stereocenters. The number of hydrogen-bond acceptors (Lipinski definition) is 6. The van der Waals surface area contributed by atoms with Crippen molar-refractivity contribution in [2.45, 2.75) is 25.8 Å². The Morgan fingerprint density at radius 1 is 1.47 bits per heavy atom. The lowest BCUT2D eigenvalue weighted by Gasteiger charge is -2.04. The molecule has 3 N–H and O–H groups in total. The number of nitrogens with zero attached hydrogens (tertiary/aromatic N) is 2. The Hall–Kier alpha value is -2.08. The number of hydrogen-bond donors (Lipinski definition) is 2. The molecule has 1 atom stereocenters. The third-order valence-electron chi connectivity index (χ3n) is 2.87. The Morgan fingerprint density at radius 3 is 2.95 bits per heavy atom. The first-order valence-corrected chi connectivity index (χ1v) is 6.09. The summed E-state index contributed by atoms with van der Waals surface area (Å²) in [7, 11) is 1.49. The fourth-order valence-electron chi connectivity index (χ4n) is 1.64. The van der Waals surface area contributed by atoms with Gasteiger partial charge in [0.1, 0.15) is 0 Å². The second-order valence-electron chi connectivity index (χ2n) is 4.27. The summed E-state index contributed by atoms with van der Waals surface area (Å²) in [6.45, 7) is 2.01. The van der Waals surface area contributed by atoms with E-state index in [-0.39, 0.29) is 11.8 Å². The Balaban J connectivity index is 2.22. The third-order valence-corrected chi connectivity index (χ3v) is 2.87. The van der Waals surface area contributed by atoms with Crippen molar-refractivity contribution in [2.75, 3.05) is 7.11 Å². The zero-order valence-electron chi connectivity index (χ0n) is 11.0. The molecule has 0 aliphatic carbocycles. The van der Waals surface area contributed by atoms with Crippen LogP contribution in [0.25, 0.3) is 11.4 Å². The molecule has 6 heteroatoms.